The number of fused-ring (bicyclic) bond motifs is 1. The van der Waals surface area contributed by atoms with Gasteiger partial charge in [0, 0.05) is 18.1 Å². The lowest BCUT2D eigenvalue weighted by Gasteiger charge is -2.15. The van der Waals surface area contributed by atoms with Crippen LogP contribution in [0.1, 0.15) is 29.7 Å². The third-order valence-corrected chi connectivity index (χ3v) is 5.40. The fourth-order valence-corrected chi connectivity index (χ4v) is 3.45. The molecule has 0 bridgehead atoms. The highest BCUT2D eigenvalue weighted by atomic mass is 16.2. The van der Waals surface area contributed by atoms with Gasteiger partial charge < -0.3 is 9.88 Å². The molecule has 2 aromatic heterocycles. The van der Waals surface area contributed by atoms with Gasteiger partial charge in [-0.2, -0.15) is 0 Å². The predicted molar refractivity (Wildman–Crippen MR) is 96.2 cm³/mol. The number of nitrogens with zero attached hydrogens (tertiary/aromatic N) is 2. The van der Waals surface area contributed by atoms with Crippen LogP contribution in [0.3, 0.4) is 0 Å². The topological polar surface area (TPSA) is 46.9 Å². The van der Waals surface area contributed by atoms with Crippen LogP contribution in [0.25, 0.3) is 11.0 Å². The van der Waals surface area contributed by atoms with E-state index in [-0.39, 0.29) is 11.3 Å². The van der Waals surface area contributed by atoms with Crippen LogP contribution in [0, 0.1) is 13.8 Å². The van der Waals surface area contributed by atoms with E-state index in [9.17, 15) is 4.79 Å². The van der Waals surface area contributed by atoms with E-state index < -0.39 is 0 Å². The zero-order valence-corrected chi connectivity index (χ0v) is 14.3. The van der Waals surface area contributed by atoms with Gasteiger partial charge in [0.15, 0.2) is 0 Å². The van der Waals surface area contributed by atoms with Crippen LogP contribution >= 0.6 is 0 Å². The Morgan fingerprint density at radius 3 is 2.58 bits per heavy atom. The number of carbonyl (C=O) groups is 1. The molecule has 1 saturated carbocycles. The van der Waals surface area contributed by atoms with Crippen molar-refractivity contribution < 1.29 is 4.79 Å². The Hall–Kier alpha value is -2.62. The fraction of sp³-hybridized carbons (Fsp3) is 0.300. The van der Waals surface area contributed by atoms with E-state index in [4.69, 9.17) is 0 Å². The summed E-state index contributed by atoms with van der Waals surface area (Å²) in [7, 11) is 2.02. The Bertz CT molecular complexity index is 936. The van der Waals surface area contributed by atoms with Gasteiger partial charge in [0.05, 0.1) is 17.3 Å². The Kier molecular flexibility index (Phi) is 3.23. The highest BCUT2D eigenvalue weighted by Crippen LogP contribution is 2.49. The third kappa shape index (κ3) is 2.13. The highest BCUT2D eigenvalue weighted by Gasteiger charge is 2.51. The number of benzene rings is 1. The van der Waals surface area contributed by atoms with Crippen molar-refractivity contribution in [3.8, 4) is 0 Å². The standard InChI is InChI=1S/C20H21N3O/c1-13-14(2)23(3)18-17(13)11-16(12-21-18)22-19(24)20(9-10-20)15-7-5-4-6-8-15/h4-8,11-12H,9-10H2,1-3H3,(H,22,24). The number of pyridine rings is 1. The number of hydrogen-bond donors (Lipinski definition) is 1. The number of anilines is 1. The number of rotatable bonds is 3. The molecule has 4 nitrogen and oxygen atoms in total. The van der Waals surface area contributed by atoms with Crippen LogP contribution in [0.2, 0.25) is 0 Å². The van der Waals surface area contributed by atoms with Crippen LogP contribution in [0.4, 0.5) is 5.69 Å². The van der Waals surface area contributed by atoms with Gasteiger partial charge in [-0.05, 0) is 43.9 Å². The normalized spacial score (nSPS) is 15.5. The molecule has 1 aliphatic carbocycles. The summed E-state index contributed by atoms with van der Waals surface area (Å²) in [5.74, 6) is 0.0696. The van der Waals surface area contributed by atoms with E-state index >= 15 is 0 Å². The summed E-state index contributed by atoms with van der Waals surface area (Å²) >= 11 is 0. The number of hydrogen-bond acceptors (Lipinski definition) is 2. The van der Waals surface area contributed by atoms with Crippen LogP contribution in [-0.2, 0) is 17.3 Å². The maximum absolute atomic E-state index is 12.8. The third-order valence-electron chi connectivity index (χ3n) is 5.40. The zero-order chi connectivity index (χ0) is 16.9. The minimum Gasteiger partial charge on any atom is -0.333 e. The van der Waals surface area contributed by atoms with Crippen molar-refractivity contribution in [1.82, 2.24) is 9.55 Å². The molecule has 0 saturated heterocycles. The zero-order valence-electron chi connectivity index (χ0n) is 14.3. The van der Waals surface area contributed by atoms with Gasteiger partial charge in [-0.3, -0.25) is 4.79 Å². The fourth-order valence-electron chi connectivity index (χ4n) is 3.45. The lowest BCUT2D eigenvalue weighted by molar-refractivity contribution is -0.118. The van der Waals surface area contributed by atoms with Gasteiger partial charge in [-0.25, -0.2) is 4.98 Å². The van der Waals surface area contributed by atoms with E-state index in [0.29, 0.717) is 0 Å². The Morgan fingerprint density at radius 1 is 1.21 bits per heavy atom. The van der Waals surface area contributed by atoms with Crippen molar-refractivity contribution in [3.05, 3.63) is 59.4 Å². The summed E-state index contributed by atoms with van der Waals surface area (Å²) in [4.78, 5) is 17.4. The second kappa shape index (κ2) is 5.20. The molecule has 1 aromatic carbocycles. The molecule has 1 aliphatic rings. The number of carbonyl (C=O) groups excluding carboxylic acids is 1. The molecule has 122 valence electrons. The second-order valence-corrected chi connectivity index (χ2v) is 6.77. The summed E-state index contributed by atoms with van der Waals surface area (Å²) in [5, 5.41) is 4.18. The number of nitrogens with one attached hydrogen (secondary N) is 1. The SMILES string of the molecule is Cc1c(C)n(C)c2ncc(NC(=O)C3(c4ccccc4)CC3)cc12. The molecule has 1 amide bonds. The first-order valence-electron chi connectivity index (χ1n) is 8.31. The molecule has 0 aliphatic heterocycles. The lowest BCUT2D eigenvalue weighted by Crippen LogP contribution is -2.27. The molecule has 1 fully saturated rings. The van der Waals surface area contributed by atoms with E-state index in [0.717, 1.165) is 35.1 Å². The van der Waals surface area contributed by atoms with Crippen LogP contribution in [0.15, 0.2) is 42.6 Å². The van der Waals surface area contributed by atoms with Crippen molar-refractivity contribution >= 4 is 22.6 Å². The van der Waals surface area contributed by atoms with E-state index in [1.807, 2.05) is 43.4 Å². The monoisotopic (exact) mass is 319 g/mol. The Balaban J connectivity index is 1.65. The first kappa shape index (κ1) is 14.9. The molecule has 0 spiro atoms. The van der Waals surface area contributed by atoms with Gasteiger partial charge in [0.1, 0.15) is 5.65 Å². The van der Waals surface area contributed by atoms with Gasteiger partial charge >= 0.3 is 0 Å². The molecular weight excluding hydrogens is 298 g/mol. The number of aryl methyl sites for hydroxylation is 2. The largest absolute Gasteiger partial charge is 0.333 e. The summed E-state index contributed by atoms with van der Waals surface area (Å²) < 4.78 is 2.09. The lowest BCUT2D eigenvalue weighted by atomic mass is 9.95. The van der Waals surface area contributed by atoms with E-state index in [2.05, 4.69) is 28.7 Å². The molecule has 0 unspecified atom stereocenters. The van der Waals surface area contributed by atoms with E-state index in [1.165, 1.54) is 11.3 Å². The Morgan fingerprint density at radius 2 is 1.92 bits per heavy atom. The minimum absolute atomic E-state index is 0.0696. The van der Waals surface area contributed by atoms with Gasteiger partial charge in [0.25, 0.3) is 0 Å². The number of aromatic nitrogens is 2. The smallest absolute Gasteiger partial charge is 0.235 e. The summed E-state index contributed by atoms with van der Waals surface area (Å²) in [5.41, 5.74) is 4.86. The average Bonchev–Trinajstić information content (AvgIpc) is 3.39. The molecule has 4 heteroatoms. The quantitative estimate of drug-likeness (QED) is 0.797. The van der Waals surface area contributed by atoms with Crippen molar-refractivity contribution in [2.45, 2.75) is 32.1 Å². The van der Waals surface area contributed by atoms with E-state index in [1.54, 1.807) is 6.20 Å². The molecule has 3 aromatic rings. The molecular formula is C20H21N3O. The highest BCUT2D eigenvalue weighted by molar-refractivity contribution is 6.02. The first-order chi connectivity index (χ1) is 11.5. The average molecular weight is 319 g/mol. The molecule has 24 heavy (non-hydrogen) atoms. The van der Waals surface area contributed by atoms with Crippen molar-refractivity contribution in [2.24, 2.45) is 7.05 Å². The Labute approximate surface area is 141 Å². The maximum atomic E-state index is 12.8. The molecule has 1 N–H and O–H groups in total. The molecule has 0 atom stereocenters. The summed E-state index contributed by atoms with van der Waals surface area (Å²) in [6, 6.07) is 12.1. The molecule has 2 heterocycles. The molecule has 4 rings (SSSR count). The minimum atomic E-state index is -0.363. The van der Waals surface area contributed by atoms with Gasteiger partial charge in [0.2, 0.25) is 5.91 Å². The van der Waals surface area contributed by atoms with Crippen molar-refractivity contribution in [1.29, 1.82) is 0 Å². The van der Waals surface area contributed by atoms with Crippen molar-refractivity contribution in [3.63, 3.8) is 0 Å². The van der Waals surface area contributed by atoms with Crippen LogP contribution in [0.5, 0.6) is 0 Å². The summed E-state index contributed by atoms with van der Waals surface area (Å²) in [6.07, 6.45) is 3.56. The molecule has 0 radical (unpaired) electrons. The van der Waals surface area contributed by atoms with Crippen LogP contribution < -0.4 is 5.32 Å². The van der Waals surface area contributed by atoms with Gasteiger partial charge in [-0.15, -0.1) is 0 Å². The van der Waals surface area contributed by atoms with Crippen LogP contribution in [-0.4, -0.2) is 15.5 Å². The first-order valence-corrected chi connectivity index (χ1v) is 8.31. The van der Waals surface area contributed by atoms with Crippen molar-refractivity contribution in [2.75, 3.05) is 5.32 Å². The summed E-state index contributed by atoms with van der Waals surface area (Å²) in [6.45, 7) is 4.18. The van der Waals surface area contributed by atoms with Gasteiger partial charge in [-0.1, -0.05) is 30.3 Å². The second-order valence-electron chi connectivity index (χ2n) is 6.77. The maximum Gasteiger partial charge on any atom is 0.235 e. The number of amides is 1. The predicted octanol–water partition coefficient (Wildman–Crippen LogP) is 3.86.